The fourth-order valence-corrected chi connectivity index (χ4v) is 3.14. The van der Waals surface area contributed by atoms with E-state index < -0.39 is 0 Å². The highest BCUT2D eigenvalue weighted by Crippen LogP contribution is 2.21. The van der Waals surface area contributed by atoms with Crippen LogP contribution in [-0.4, -0.2) is 66.9 Å². The molecule has 0 aromatic heterocycles. The van der Waals surface area contributed by atoms with Gasteiger partial charge in [-0.2, -0.15) is 0 Å². The fraction of sp³-hybridized carbons (Fsp3) is 0.588. The Labute approximate surface area is 142 Å². The summed E-state index contributed by atoms with van der Waals surface area (Å²) in [7, 11) is 4.13. The minimum atomic E-state index is -0.363. The van der Waals surface area contributed by atoms with E-state index in [1.54, 1.807) is 17.0 Å². The van der Waals surface area contributed by atoms with Gasteiger partial charge in [-0.05, 0) is 39.6 Å². The van der Waals surface area contributed by atoms with Crippen LogP contribution >= 0.6 is 11.6 Å². The molecule has 0 saturated carbocycles. The lowest BCUT2D eigenvalue weighted by atomic mass is 10.2. The molecule has 1 aromatic rings. The first kappa shape index (κ1) is 18.2. The molecule has 1 aromatic carbocycles. The number of halogens is 2. The third-order valence-corrected chi connectivity index (χ3v) is 4.84. The van der Waals surface area contributed by atoms with Gasteiger partial charge in [0.2, 0.25) is 5.91 Å². The molecule has 1 heterocycles. The average molecular weight is 342 g/mol. The van der Waals surface area contributed by atoms with E-state index in [1.165, 1.54) is 6.07 Å². The van der Waals surface area contributed by atoms with E-state index in [0.717, 1.165) is 19.5 Å². The van der Waals surface area contributed by atoms with Gasteiger partial charge in [0.05, 0.1) is 13.1 Å². The van der Waals surface area contributed by atoms with Crippen LogP contribution < -0.4 is 0 Å². The molecule has 1 aliphatic heterocycles. The molecule has 128 valence electrons. The Balaban J connectivity index is 1.97. The maximum atomic E-state index is 13.9. The van der Waals surface area contributed by atoms with Crippen molar-refractivity contribution in [3.05, 3.63) is 34.6 Å². The monoisotopic (exact) mass is 341 g/mol. The van der Waals surface area contributed by atoms with E-state index in [-0.39, 0.29) is 18.3 Å². The van der Waals surface area contributed by atoms with Gasteiger partial charge in [0.15, 0.2) is 0 Å². The van der Waals surface area contributed by atoms with Gasteiger partial charge in [0, 0.05) is 36.3 Å². The molecule has 1 atom stereocenters. The number of nitrogens with zero attached hydrogens (tertiary/aromatic N) is 3. The highest BCUT2D eigenvalue weighted by atomic mass is 35.5. The summed E-state index contributed by atoms with van der Waals surface area (Å²) in [6.07, 6.45) is 1.07. The van der Waals surface area contributed by atoms with Crippen LogP contribution in [0.2, 0.25) is 5.02 Å². The van der Waals surface area contributed by atoms with Crippen molar-refractivity contribution in [2.75, 3.05) is 40.3 Å². The van der Waals surface area contributed by atoms with Gasteiger partial charge in [-0.25, -0.2) is 4.39 Å². The van der Waals surface area contributed by atoms with Crippen molar-refractivity contribution in [2.24, 2.45) is 0 Å². The number of amides is 1. The Morgan fingerprint density at radius 2 is 2.17 bits per heavy atom. The second-order valence-electron chi connectivity index (χ2n) is 6.25. The molecule has 6 heteroatoms. The summed E-state index contributed by atoms with van der Waals surface area (Å²) in [5, 5.41) is 0.366. The zero-order chi connectivity index (χ0) is 17.0. The van der Waals surface area contributed by atoms with Crippen LogP contribution in [0, 0.1) is 5.82 Å². The van der Waals surface area contributed by atoms with E-state index in [4.69, 9.17) is 11.6 Å². The number of carbonyl (C=O) groups excluding carboxylic acids is 1. The van der Waals surface area contributed by atoms with Crippen LogP contribution in [-0.2, 0) is 11.3 Å². The molecule has 0 bridgehead atoms. The van der Waals surface area contributed by atoms with Crippen LogP contribution in [0.3, 0.4) is 0 Å². The number of hydrogen-bond donors (Lipinski definition) is 0. The van der Waals surface area contributed by atoms with Crippen molar-refractivity contribution in [1.82, 2.24) is 14.7 Å². The van der Waals surface area contributed by atoms with E-state index >= 15 is 0 Å². The predicted octanol–water partition coefficient (Wildman–Crippen LogP) is 2.46. The van der Waals surface area contributed by atoms with E-state index in [9.17, 15) is 9.18 Å². The van der Waals surface area contributed by atoms with Gasteiger partial charge in [-0.15, -0.1) is 0 Å². The third kappa shape index (κ3) is 4.66. The number of likely N-dealkylation sites (N-methyl/N-ethyl adjacent to an activating group) is 2. The Morgan fingerprint density at radius 3 is 2.74 bits per heavy atom. The fourth-order valence-electron chi connectivity index (χ4n) is 2.92. The minimum absolute atomic E-state index is 0.0197. The molecule has 2 rings (SSSR count). The molecule has 23 heavy (non-hydrogen) atoms. The van der Waals surface area contributed by atoms with E-state index in [2.05, 4.69) is 23.9 Å². The SMILES string of the molecule is CCN(Cc1c(F)cccc1Cl)C(=O)CN1CC[C@@H](N(C)C)C1. The molecule has 0 aliphatic carbocycles. The molecule has 0 spiro atoms. The molecule has 0 unspecified atom stereocenters. The average Bonchev–Trinajstić information content (AvgIpc) is 2.95. The van der Waals surface area contributed by atoms with Crippen molar-refractivity contribution in [3.63, 3.8) is 0 Å². The largest absolute Gasteiger partial charge is 0.337 e. The third-order valence-electron chi connectivity index (χ3n) is 4.48. The number of hydrogen-bond acceptors (Lipinski definition) is 3. The van der Waals surface area contributed by atoms with E-state index in [0.29, 0.717) is 29.7 Å². The normalized spacial score (nSPS) is 18.6. The molecule has 4 nitrogen and oxygen atoms in total. The molecule has 1 saturated heterocycles. The molecule has 0 radical (unpaired) electrons. The van der Waals surface area contributed by atoms with Crippen molar-refractivity contribution < 1.29 is 9.18 Å². The summed E-state index contributed by atoms with van der Waals surface area (Å²) in [6.45, 7) is 4.85. The Bertz CT molecular complexity index is 532. The molecule has 0 N–H and O–H groups in total. The minimum Gasteiger partial charge on any atom is -0.337 e. The molecule has 1 aliphatic rings. The van der Waals surface area contributed by atoms with Crippen molar-refractivity contribution in [1.29, 1.82) is 0 Å². The van der Waals surface area contributed by atoms with Crippen LogP contribution in [0.15, 0.2) is 18.2 Å². The first-order valence-corrected chi connectivity index (χ1v) is 8.39. The van der Waals surface area contributed by atoms with Crippen LogP contribution in [0.1, 0.15) is 18.9 Å². The maximum Gasteiger partial charge on any atom is 0.237 e. The summed E-state index contributed by atoms with van der Waals surface area (Å²) >= 11 is 6.07. The van der Waals surface area contributed by atoms with Crippen molar-refractivity contribution >= 4 is 17.5 Å². The number of carbonyl (C=O) groups is 1. The van der Waals surface area contributed by atoms with Gasteiger partial charge in [-0.1, -0.05) is 17.7 Å². The van der Waals surface area contributed by atoms with Crippen LogP contribution in [0.25, 0.3) is 0 Å². The lowest BCUT2D eigenvalue weighted by Crippen LogP contribution is -2.40. The van der Waals surface area contributed by atoms with Crippen LogP contribution in [0.5, 0.6) is 0 Å². The first-order chi connectivity index (χ1) is 10.9. The summed E-state index contributed by atoms with van der Waals surface area (Å²) in [5.74, 6) is -0.344. The standard InChI is InChI=1S/C17H25ClFN3O/c1-4-22(11-14-15(18)6-5-7-16(14)19)17(23)12-21-9-8-13(10-21)20(2)3/h5-7,13H,4,8-12H2,1-3H3/t13-/m1/s1. The van der Waals surface area contributed by atoms with E-state index in [1.807, 2.05) is 6.92 Å². The number of rotatable bonds is 6. The zero-order valence-corrected chi connectivity index (χ0v) is 14.8. The number of benzene rings is 1. The van der Waals surface area contributed by atoms with Crippen LogP contribution in [0.4, 0.5) is 4.39 Å². The first-order valence-electron chi connectivity index (χ1n) is 8.01. The van der Waals surface area contributed by atoms with Gasteiger partial charge in [-0.3, -0.25) is 9.69 Å². The molecular formula is C17H25ClFN3O. The molecular weight excluding hydrogens is 317 g/mol. The van der Waals surface area contributed by atoms with Gasteiger partial charge in [0.1, 0.15) is 5.82 Å². The second-order valence-corrected chi connectivity index (χ2v) is 6.66. The summed E-state index contributed by atoms with van der Waals surface area (Å²) in [6, 6.07) is 5.10. The van der Waals surface area contributed by atoms with Gasteiger partial charge in [0.25, 0.3) is 0 Å². The summed E-state index contributed by atoms with van der Waals surface area (Å²) < 4.78 is 13.9. The van der Waals surface area contributed by atoms with Crippen molar-refractivity contribution in [2.45, 2.75) is 25.9 Å². The second kappa shape index (κ2) is 8.08. The Hall–Kier alpha value is -1.17. The zero-order valence-electron chi connectivity index (χ0n) is 14.1. The topological polar surface area (TPSA) is 26.8 Å². The maximum absolute atomic E-state index is 13.9. The Kier molecular flexibility index (Phi) is 6.39. The highest BCUT2D eigenvalue weighted by molar-refractivity contribution is 6.31. The van der Waals surface area contributed by atoms with Crippen molar-refractivity contribution in [3.8, 4) is 0 Å². The highest BCUT2D eigenvalue weighted by Gasteiger charge is 2.27. The Morgan fingerprint density at radius 1 is 1.43 bits per heavy atom. The van der Waals surface area contributed by atoms with Gasteiger partial charge < -0.3 is 9.80 Å². The van der Waals surface area contributed by atoms with Gasteiger partial charge >= 0.3 is 0 Å². The number of likely N-dealkylation sites (tertiary alicyclic amines) is 1. The lowest BCUT2D eigenvalue weighted by Gasteiger charge is -2.25. The lowest BCUT2D eigenvalue weighted by molar-refractivity contribution is -0.132. The smallest absolute Gasteiger partial charge is 0.237 e. The predicted molar refractivity (Wildman–Crippen MR) is 91.0 cm³/mol. The molecule has 1 fully saturated rings. The summed E-state index contributed by atoms with van der Waals surface area (Å²) in [5.41, 5.74) is 0.386. The molecule has 1 amide bonds. The quantitative estimate of drug-likeness (QED) is 0.795. The summed E-state index contributed by atoms with van der Waals surface area (Å²) in [4.78, 5) is 18.6.